The topological polar surface area (TPSA) is 125 Å². The standard InChI is InChI=1S/C24H28N2O6/c27-13-7-1-6-12-25-23(30)21(14-22(28)29)26-24(31)32-15-20-18-10-4-2-8-16(18)17-9-3-5-11-19(17)20/h2-5,8-11,20-21,27H,1,6-7,12-15H2,(H,25,30)(H,26,31)(H,28,29). The Morgan fingerprint density at radius 3 is 2.16 bits per heavy atom. The highest BCUT2D eigenvalue weighted by Gasteiger charge is 2.30. The van der Waals surface area contributed by atoms with E-state index in [1.807, 2.05) is 48.5 Å². The van der Waals surface area contributed by atoms with Crippen LogP contribution >= 0.6 is 0 Å². The molecule has 1 unspecified atom stereocenters. The van der Waals surface area contributed by atoms with Gasteiger partial charge in [-0.15, -0.1) is 0 Å². The molecule has 1 aliphatic rings. The number of ether oxygens (including phenoxy) is 1. The monoisotopic (exact) mass is 440 g/mol. The summed E-state index contributed by atoms with van der Waals surface area (Å²) in [4.78, 5) is 35.9. The summed E-state index contributed by atoms with van der Waals surface area (Å²) in [7, 11) is 0. The van der Waals surface area contributed by atoms with Crippen molar-refractivity contribution in [1.82, 2.24) is 10.6 Å². The lowest BCUT2D eigenvalue weighted by atomic mass is 9.98. The van der Waals surface area contributed by atoms with E-state index in [0.29, 0.717) is 19.4 Å². The van der Waals surface area contributed by atoms with Crippen LogP contribution in [0.1, 0.15) is 42.7 Å². The predicted octanol–water partition coefficient (Wildman–Crippen LogP) is 2.65. The van der Waals surface area contributed by atoms with Gasteiger partial charge in [-0.25, -0.2) is 4.79 Å². The minimum absolute atomic E-state index is 0.0719. The number of nitrogens with one attached hydrogen (secondary N) is 2. The van der Waals surface area contributed by atoms with Crippen LogP contribution in [0.2, 0.25) is 0 Å². The van der Waals surface area contributed by atoms with Crippen molar-refractivity contribution >= 4 is 18.0 Å². The van der Waals surface area contributed by atoms with Crippen LogP contribution in [0.3, 0.4) is 0 Å². The molecule has 2 amide bonds. The van der Waals surface area contributed by atoms with E-state index in [1.54, 1.807) is 0 Å². The summed E-state index contributed by atoms with van der Waals surface area (Å²) in [5, 5.41) is 22.9. The molecule has 0 saturated heterocycles. The number of alkyl carbamates (subject to hydrolysis) is 1. The zero-order valence-corrected chi connectivity index (χ0v) is 17.8. The highest BCUT2D eigenvalue weighted by Crippen LogP contribution is 2.44. The normalized spacial score (nSPS) is 13.0. The molecule has 8 heteroatoms. The van der Waals surface area contributed by atoms with Crippen LogP contribution in [-0.4, -0.2) is 54.0 Å². The van der Waals surface area contributed by atoms with Crippen molar-refractivity contribution in [3.8, 4) is 11.1 Å². The zero-order chi connectivity index (χ0) is 22.9. The predicted molar refractivity (Wildman–Crippen MR) is 118 cm³/mol. The number of hydrogen-bond acceptors (Lipinski definition) is 5. The molecule has 4 N–H and O–H groups in total. The zero-order valence-electron chi connectivity index (χ0n) is 17.8. The first-order valence-electron chi connectivity index (χ1n) is 10.7. The highest BCUT2D eigenvalue weighted by atomic mass is 16.5. The number of aliphatic carboxylic acids is 1. The van der Waals surface area contributed by atoms with Gasteiger partial charge in [0.05, 0.1) is 6.42 Å². The fourth-order valence-electron chi connectivity index (χ4n) is 3.91. The van der Waals surface area contributed by atoms with E-state index in [4.69, 9.17) is 14.9 Å². The Morgan fingerprint density at radius 2 is 1.56 bits per heavy atom. The summed E-state index contributed by atoms with van der Waals surface area (Å²) in [6, 6.07) is 14.6. The Kier molecular flexibility index (Phi) is 8.21. The van der Waals surface area contributed by atoms with Crippen LogP contribution in [0.5, 0.6) is 0 Å². The molecule has 1 atom stereocenters. The lowest BCUT2D eigenvalue weighted by Crippen LogP contribution is -2.48. The van der Waals surface area contributed by atoms with Crippen molar-refractivity contribution in [2.75, 3.05) is 19.8 Å². The van der Waals surface area contributed by atoms with E-state index in [1.165, 1.54) is 0 Å². The summed E-state index contributed by atoms with van der Waals surface area (Å²) in [5.74, 6) is -1.92. The third kappa shape index (κ3) is 5.85. The average Bonchev–Trinajstić information content (AvgIpc) is 3.10. The fraction of sp³-hybridized carbons (Fsp3) is 0.375. The summed E-state index contributed by atoms with van der Waals surface area (Å²) in [6.45, 7) is 0.489. The number of carbonyl (C=O) groups excluding carboxylic acids is 2. The van der Waals surface area contributed by atoms with Crippen LogP contribution in [0.25, 0.3) is 11.1 Å². The van der Waals surface area contributed by atoms with Crippen molar-refractivity contribution in [2.24, 2.45) is 0 Å². The van der Waals surface area contributed by atoms with Crippen LogP contribution < -0.4 is 10.6 Å². The van der Waals surface area contributed by atoms with Crippen LogP contribution in [-0.2, 0) is 14.3 Å². The number of aliphatic hydroxyl groups excluding tert-OH is 1. The minimum atomic E-state index is -1.24. The van der Waals surface area contributed by atoms with E-state index in [2.05, 4.69) is 10.6 Å². The van der Waals surface area contributed by atoms with Gasteiger partial charge in [0.1, 0.15) is 12.6 Å². The second kappa shape index (κ2) is 11.3. The Hall–Kier alpha value is -3.39. The summed E-state index contributed by atoms with van der Waals surface area (Å²) >= 11 is 0. The molecule has 0 aliphatic heterocycles. The summed E-state index contributed by atoms with van der Waals surface area (Å²) < 4.78 is 5.41. The maximum Gasteiger partial charge on any atom is 0.407 e. The molecule has 170 valence electrons. The molecule has 2 aromatic carbocycles. The summed E-state index contributed by atoms with van der Waals surface area (Å²) in [6.07, 6.45) is 0.629. The number of carboxylic acid groups (broad SMARTS) is 1. The molecular formula is C24H28N2O6. The van der Waals surface area contributed by atoms with E-state index in [9.17, 15) is 14.4 Å². The molecule has 0 fully saturated rings. The molecule has 1 aliphatic carbocycles. The SMILES string of the molecule is O=C(O)CC(NC(=O)OCC1c2ccccc2-c2ccccc21)C(=O)NCCCCCO. The van der Waals surface area contributed by atoms with Crippen molar-refractivity contribution < 1.29 is 29.3 Å². The third-order valence-corrected chi connectivity index (χ3v) is 5.47. The molecule has 0 saturated carbocycles. The summed E-state index contributed by atoms with van der Waals surface area (Å²) in [5.41, 5.74) is 4.32. The second-order valence-electron chi connectivity index (χ2n) is 7.70. The van der Waals surface area contributed by atoms with Gasteiger partial charge in [0.25, 0.3) is 0 Å². The van der Waals surface area contributed by atoms with Crippen molar-refractivity contribution in [1.29, 1.82) is 0 Å². The Morgan fingerprint density at radius 1 is 0.938 bits per heavy atom. The van der Waals surface area contributed by atoms with Gasteiger partial charge in [0.15, 0.2) is 0 Å². The van der Waals surface area contributed by atoms with Gasteiger partial charge >= 0.3 is 12.1 Å². The Labute approximate surface area is 186 Å². The number of fused-ring (bicyclic) bond motifs is 3. The molecule has 3 rings (SSSR count). The fourth-order valence-corrected chi connectivity index (χ4v) is 3.91. The number of carboxylic acids is 1. The smallest absolute Gasteiger partial charge is 0.407 e. The Bertz CT molecular complexity index is 916. The number of unbranched alkanes of at least 4 members (excludes halogenated alkanes) is 2. The van der Waals surface area contributed by atoms with Crippen LogP contribution in [0.4, 0.5) is 4.79 Å². The lowest BCUT2D eigenvalue weighted by molar-refractivity contribution is -0.139. The first-order chi connectivity index (χ1) is 15.5. The minimum Gasteiger partial charge on any atom is -0.481 e. The van der Waals surface area contributed by atoms with Gasteiger partial charge < -0.3 is 25.6 Å². The molecule has 0 heterocycles. The quantitative estimate of drug-likeness (QED) is 0.398. The van der Waals surface area contributed by atoms with Gasteiger partial charge in [-0.05, 0) is 41.5 Å². The van der Waals surface area contributed by atoms with E-state index in [-0.39, 0.29) is 19.1 Å². The van der Waals surface area contributed by atoms with E-state index >= 15 is 0 Å². The molecule has 8 nitrogen and oxygen atoms in total. The van der Waals surface area contributed by atoms with Gasteiger partial charge in [0.2, 0.25) is 5.91 Å². The maximum atomic E-state index is 12.4. The molecular weight excluding hydrogens is 412 g/mol. The van der Waals surface area contributed by atoms with Gasteiger partial charge in [-0.3, -0.25) is 9.59 Å². The number of hydrogen-bond donors (Lipinski definition) is 4. The number of carbonyl (C=O) groups is 3. The van der Waals surface area contributed by atoms with Crippen molar-refractivity contribution in [3.63, 3.8) is 0 Å². The van der Waals surface area contributed by atoms with Gasteiger partial charge in [0, 0.05) is 19.1 Å². The van der Waals surface area contributed by atoms with Gasteiger partial charge in [-0.2, -0.15) is 0 Å². The molecule has 2 aromatic rings. The Balaban J connectivity index is 1.58. The van der Waals surface area contributed by atoms with Crippen molar-refractivity contribution in [2.45, 2.75) is 37.6 Å². The van der Waals surface area contributed by atoms with Crippen molar-refractivity contribution in [3.05, 3.63) is 59.7 Å². The third-order valence-electron chi connectivity index (χ3n) is 5.47. The average molecular weight is 440 g/mol. The highest BCUT2D eigenvalue weighted by molar-refractivity contribution is 5.89. The first kappa shape index (κ1) is 23.3. The first-order valence-corrected chi connectivity index (χ1v) is 10.7. The molecule has 32 heavy (non-hydrogen) atoms. The molecule has 0 spiro atoms. The van der Waals surface area contributed by atoms with Crippen LogP contribution in [0.15, 0.2) is 48.5 Å². The number of aliphatic hydroxyl groups is 1. The van der Waals surface area contributed by atoms with E-state index < -0.39 is 30.4 Å². The van der Waals surface area contributed by atoms with Crippen LogP contribution in [0, 0.1) is 0 Å². The number of amides is 2. The molecule has 0 aromatic heterocycles. The molecule has 0 radical (unpaired) electrons. The van der Waals surface area contributed by atoms with Gasteiger partial charge in [-0.1, -0.05) is 48.5 Å². The lowest BCUT2D eigenvalue weighted by Gasteiger charge is -2.18. The number of rotatable bonds is 11. The maximum absolute atomic E-state index is 12.4. The molecule has 0 bridgehead atoms. The number of benzene rings is 2. The van der Waals surface area contributed by atoms with E-state index in [0.717, 1.165) is 28.7 Å². The largest absolute Gasteiger partial charge is 0.481 e. The second-order valence-corrected chi connectivity index (χ2v) is 7.70.